The molecule has 5 nitrogen and oxygen atoms in total. The lowest BCUT2D eigenvalue weighted by Gasteiger charge is -2.11. The third-order valence-corrected chi connectivity index (χ3v) is 3.17. The van der Waals surface area contributed by atoms with Crippen LogP contribution >= 0.6 is 11.6 Å². The Morgan fingerprint density at radius 2 is 2.15 bits per heavy atom. The van der Waals surface area contributed by atoms with Crippen LogP contribution in [0.5, 0.6) is 0 Å². The van der Waals surface area contributed by atoms with E-state index in [0.717, 1.165) is 35.2 Å². The molecule has 1 heterocycles. The van der Waals surface area contributed by atoms with Crippen molar-refractivity contribution < 1.29 is 4.52 Å². The first kappa shape index (κ1) is 14.4. The van der Waals surface area contributed by atoms with Gasteiger partial charge in [0.15, 0.2) is 5.96 Å². The smallest absolute Gasteiger partial charge is 0.191 e. The van der Waals surface area contributed by atoms with E-state index >= 15 is 0 Å². The molecule has 106 valence electrons. The molecule has 2 rings (SSSR count). The van der Waals surface area contributed by atoms with Gasteiger partial charge >= 0.3 is 0 Å². The van der Waals surface area contributed by atoms with Crippen molar-refractivity contribution in [3.8, 4) is 0 Å². The van der Waals surface area contributed by atoms with E-state index in [1.54, 1.807) is 13.3 Å². The molecule has 6 heteroatoms. The van der Waals surface area contributed by atoms with E-state index < -0.39 is 0 Å². The van der Waals surface area contributed by atoms with Gasteiger partial charge in [0.05, 0.1) is 6.54 Å². The summed E-state index contributed by atoms with van der Waals surface area (Å²) in [6.07, 6.45) is 2.38. The van der Waals surface area contributed by atoms with Gasteiger partial charge in [0, 0.05) is 24.7 Å². The first-order valence-corrected chi connectivity index (χ1v) is 6.74. The van der Waals surface area contributed by atoms with E-state index in [0.29, 0.717) is 6.54 Å². The maximum absolute atomic E-state index is 6.11. The number of halogens is 1. The average Bonchev–Trinajstić information content (AvgIpc) is 2.98. The Morgan fingerprint density at radius 1 is 1.30 bits per heavy atom. The molecule has 0 radical (unpaired) electrons. The highest BCUT2D eigenvalue weighted by Gasteiger charge is 2.02. The molecule has 0 amide bonds. The molecule has 0 saturated carbocycles. The molecule has 0 aliphatic carbocycles. The van der Waals surface area contributed by atoms with Crippen LogP contribution in [0, 0.1) is 0 Å². The number of aliphatic imine (C=N–C) groups is 1. The number of hydrogen-bond acceptors (Lipinski definition) is 3. The van der Waals surface area contributed by atoms with Crippen LogP contribution in [0.2, 0.25) is 5.02 Å². The molecule has 0 aliphatic heterocycles. The molecule has 0 fully saturated rings. The van der Waals surface area contributed by atoms with Crippen LogP contribution in [0.4, 0.5) is 0 Å². The minimum atomic E-state index is 0.572. The van der Waals surface area contributed by atoms with Crippen LogP contribution in [0.3, 0.4) is 0 Å². The van der Waals surface area contributed by atoms with Gasteiger partial charge in [-0.3, -0.25) is 4.99 Å². The van der Waals surface area contributed by atoms with E-state index in [-0.39, 0.29) is 0 Å². The summed E-state index contributed by atoms with van der Waals surface area (Å²) >= 11 is 6.11. The number of hydrogen-bond donors (Lipinski definition) is 2. The van der Waals surface area contributed by atoms with Gasteiger partial charge < -0.3 is 15.2 Å². The summed E-state index contributed by atoms with van der Waals surface area (Å²) < 4.78 is 4.77. The van der Waals surface area contributed by atoms with Crippen LogP contribution < -0.4 is 10.6 Å². The van der Waals surface area contributed by atoms with Crippen molar-refractivity contribution in [2.24, 2.45) is 4.99 Å². The lowest BCUT2D eigenvalue weighted by atomic mass is 10.1. The van der Waals surface area contributed by atoms with Crippen LogP contribution in [0.15, 0.2) is 46.1 Å². The fourth-order valence-electron chi connectivity index (χ4n) is 1.74. The summed E-state index contributed by atoms with van der Waals surface area (Å²) in [4.78, 5) is 4.14. The molecule has 0 aliphatic rings. The SMILES string of the molecule is CN=C(NCCc1ccccc1Cl)NCc1ccon1. The monoisotopic (exact) mass is 292 g/mol. The van der Waals surface area contributed by atoms with Gasteiger partial charge in [-0.1, -0.05) is 35.0 Å². The zero-order valence-corrected chi connectivity index (χ0v) is 12.0. The molecule has 0 atom stereocenters. The van der Waals surface area contributed by atoms with E-state index in [1.807, 2.05) is 30.3 Å². The predicted molar refractivity (Wildman–Crippen MR) is 79.9 cm³/mol. The molecule has 0 unspecified atom stereocenters. The number of benzene rings is 1. The van der Waals surface area contributed by atoms with Crippen molar-refractivity contribution in [1.29, 1.82) is 0 Å². The van der Waals surface area contributed by atoms with Gasteiger partial charge in [-0.25, -0.2) is 0 Å². The van der Waals surface area contributed by atoms with E-state index in [1.165, 1.54) is 0 Å². The minimum absolute atomic E-state index is 0.572. The third-order valence-electron chi connectivity index (χ3n) is 2.80. The maximum Gasteiger partial charge on any atom is 0.191 e. The van der Waals surface area contributed by atoms with Crippen molar-refractivity contribution >= 4 is 17.6 Å². The van der Waals surface area contributed by atoms with Crippen LogP contribution in [0.25, 0.3) is 0 Å². The van der Waals surface area contributed by atoms with Crippen LogP contribution in [-0.4, -0.2) is 24.7 Å². The highest BCUT2D eigenvalue weighted by molar-refractivity contribution is 6.31. The van der Waals surface area contributed by atoms with E-state index in [9.17, 15) is 0 Å². The number of rotatable bonds is 5. The van der Waals surface area contributed by atoms with Crippen molar-refractivity contribution in [3.05, 3.63) is 52.9 Å². The van der Waals surface area contributed by atoms with Gasteiger partial charge in [-0.05, 0) is 18.1 Å². The fraction of sp³-hybridized carbons (Fsp3) is 0.286. The first-order valence-electron chi connectivity index (χ1n) is 6.37. The Hall–Kier alpha value is -2.01. The second-order valence-electron chi connectivity index (χ2n) is 4.18. The molecule has 1 aromatic carbocycles. The molecule has 0 spiro atoms. The lowest BCUT2D eigenvalue weighted by Crippen LogP contribution is -2.37. The Morgan fingerprint density at radius 3 is 2.85 bits per heavy atom. The van der Waals surface area contributed by atoms with Gasteiger partial charge in [0.1, 0.15) is 12.0 Å². The molecule has 20 heavy (non-hydrogen) atoms. The summed E-state index contributed by atoms with van der Waals surface area (Å²) in [6.45, 7) is 1.32. The quantitative estimate of drug-likeness (QED) is 0.655. The molecule has 0 saturated heterocycles. The molecule has 1 aromatic heterocycles. The van der Waals surface area contributed by atoms with E-state index in [4.69, 9.17) is 16.1 Å². The van der Waals surface area contributed by atoms with Crippen molar-refractivity contribution in [2.75, 3.05) is 13.6 Å². The summed E-state index contributed by atoms with van der Waals surface area (Å²) in [5, 5.41) is 11.0. The topological polar surface area (TPSA) is 62.5 Å². The van der Waals surface area contributed by atoms with Gasteiger partial charge in [0.25, 0.3) is 0 Å². The Labute approximate surface area is 123 Å². The Balaban J connectivity index is 1.75. The Kier molecular flexibility index (Phi) is 5.43. The molecule has 2 N–H and O–H groups in total. The second kappa shape index (κ2) is 7.55. The van der Waals surface area contributed by atoms with Gasteiger partial charge in [0.2, 0.25) is 0 Å². The average molecular weight is 293 g/mol. The molecule has 2 aromatic rings. The van der Waals surface area contributed by atoms with Crippen molar-refractivity contribution in [2.45, 2.75) is 13.0 Å². The second-order valence-corrected chi connectivity index (χ2v) is 4.59. The molecular weight excluding hydrogens is 276 g/mol. The number of aromatic nitrogens is 1. The van der Waals surface area contributed by atoms with Crippen LogP contribution in [0.1, 0.15) is 11.3 Å². The summed E-state index contributed by atoms with van der Waals surface area (Å²) in [7, 11) is 1.73. The zero-order valence-electron chi connectivity index (χ0n) is 11.3. The van der Waals surface area contributed by atoms with Crippen LogP contribution in [-0.2, 0) is 13.0 Å². The minimum Gasteiger partial charge on any atom is -0.364 e. The third kappa shape index (κ3) is 4.28. The van der Waals surface area contributed by atoms with Gasteiger partial charge in [-0.2, -0.15) is 0 Å². The molecule has 0 bridgehead atoms. The lowest BCUT2D eigenvalue weighted by molar-refractivity contribution is 0.410. The predicted octanol–water partition coefficient (Wildman–Crippen LogP) is 2.24. The summed E-state index contributed by atoms with van der Waals surface area (Å²) in [5.74, 6) is 0.722. The number of guanidine groups is 1. The maximum atomic E-state index is 6.11. The van der Waals surface area contributed by atoms with E-state index in [2.05, 4.69) is 20.8 Å². The number of nitrogens with one attached hydrogen (secondary N) is 2. The highest BCUT2D eigenvalue weighted by atomic mass is 35.5. The summed E-state index contributed by atoms with van der Waals surface area (Å²) in [5.41, 5.74) is 1.95. The normalized spacial score (nSPS) is 11.4. The standard InChI is InChI=1S/C14H17ClN4O/c1-16-14(18-10-12-7-9-20-19-12)17-8-6-11-4-2-3-5-13(11)15/h2-5,7,9H,6,8,10H2,1H3,(H2,16,17,18). The summed E-state index contributed by atoms with van der Waals surface area (Å²) in [6, 6.07) is 9.64. The fourth-order valence-corrected chi connectivity index (χ4v) is 1.97. The Bertz CT molecular complexity index is 554. The zero-order chi connectivity index (χ0) is 14.2. The highest BCUT2D eigenvalue weighted by Crippen LogP contribution is 2.14. The largest absolute Gasteiger partial charge is 0.364 e. The van der Waals surface area contributed by atoms with Crippen molar-refractivity contribution in [1.82, 2.24) is 15.8 Å². The van der Waals surface area contributed by atoms with Crippen molar-refractivity contribution in [3.63, 3.8) is 0 Å². The first-order chi connectivity index (χ1) is 9.79. The van der Waals surface area contributed by atoms with Gasteiger partial charge in [-0.15, -0.1) is 0 Å². The molecular formula is C14H17ClN4O. The number of nitrogens with zero attached hydrogens (tertiary/aromatic N) is 2.